The summed E-state index contributed by atoms with van der Waals surface area (Å²) in [7, 11) is -1.33. The first-order valence-electron chi connectivity index (χ1n) is 8.47. The molecule has 0 radical (unpaired) electrons. The maximum atomic E-state index is 13.8. The van der Waals surface area contributed by atoms with Crippen LogP contribution in [0.15, 0.2) is 23.3 Å². The molecule has 0 amide bonds. The molecule has 0 saturated carbocycles. The van der Waals surface area contributed by atoms with Crippen LogP contribution in [-0.4, -0.2) is 77.3 Å². The van der Waals surface area contributed by atoms with Crippen molar-refractivity contribution in [3.05, 3.63) is 24.1 Å². The van der Waals surface area contributed by atoms with Crippen LogP contribution in [0.1, 0.15) is 6.42 Å². The van der Waals surface area contributed by atoms with Crippen molar-refractivity contribution in [2.24, 2.45) is 4.99 Å². The third-order valence-electron chi connectivity index (χ3n) is 3.93. The third kappa shape index (κ3) is 6.75. The van der Waals surface area contributed by atoms with Crippen molar-refractivity contribution in [2.45, 2.75) is 12.5 Å². The SMILES string of the molecule is CN=C(NCCOCCS(C)(=O)=O)NC1CCN(c2ncccc2F)C1. The molecule has 2 heterocycles. The van der Waals surface area contributed by atoms with Gasteiger partial charge in [0.2, 0.25) is 0 Å². The van der Waals surface area contributed by atoms with Crippen LogP contribution in [0.5, 0.6) is 0 Å². The van der Waals surface area contributed by atoms with Gasteiger partial charge in [-0.3, -0.25) is 4.99 Å². The number of aromatic nitrogens is 1. The number of hydrogen-bond acceptors (Lipinski definition) is 6. The standard InChI is InChI=1S/C16H26FN5O3S/c1-18-16(20-7-9-25-10-11-26(2,23)24)21-13-5-8-22(12-13)15-14(17)4-3-6-19-15/h3-4,6,13H,5,7-12H2,1-2H3,(H2,18,20,21). The Hall–Kier alpha value is -1.94. The van der Waals surface area contributed by atoms with Crippen molar-refractivity contribution in [2.75, 3.05) is 56.8 Å². The van der Waals surface area contributed by atoms with Gasteiger partial charge in [0.05, 0.1) is 19.0 Å². The molecule has 2 N–H and O–H groups in total. The van der Waals surface area contributed by atoms with Crippen LogP contribution in [0.25, 0.3) is 0 Å². The largest absolute Gasteiger partial charge is 0.379 e. The lowest BCUT2D eigenvalue weighted by molar-refractivity contribution is 0.154. The van der Waals surface area contributed by atoms with Crippen LogP contribution in [0.3, 0.4) is 0 Å². The van der Waals surface area contributed by atoms with Gasteiger partial charge in [-0.05, 0) is 18.6 Å². The number of sulfone groups is 1. The summed E-state index contributed by atoms with van der Waals surface area (Å²) in [6.45, 7) is 2.43. The van der Waals surface area contributed by atoms with E-state index in [1.165, 1.54) is 12.3 Å². The maximum Gasteiger partial charge on any atom is 0.191 e. The van der Waals surface area contributed by atoms with Crippen molar-refractivity contribution in [1.82, 2.24) is 15.6 Å². The van der Waals surface area contributed by atoms with Crippen molar-refractivity contribution in [1.29, 1.82) is 0 Å². The van der Waals surface area contributed by atoms with E-state index in [0.717, 1.165) is 13.0 Å². The van der Waals surface area contributed by atoms with Gasteiger partial charge in [-0.15, -0.1) is 0 Å². The van der Waals surface area contributed by atoms with Gasteiger partial charge < -0.3 is 20.3 Å². The Balaban J connectivity index is 1.69. The van der Waals surface area contributed by atoms with Crippen LogP contribution >= 0.6 is 0 Å². The highest BCUT2D eigenvalue weighted by molar-refractivity contribution is 7.90. The molecule has 146 valence electrons. The molecule has 1 unspecified atom stereocenters. The minimum absolute atomic E-state index is 0.0158. The fourth-order valence-corrected chi connectivity index (χ4v) is 3.04. The highest BCUT2D eigenvalue weighted by Crippen LogP contribution is 2.20. The molecule has 2 rings (SSSR count). The lowest BCUT2D eigenvalue weighted by atomic mass is 10.3. The average Bonchev–Trinajstić information content (AvgIpc) is 3.04. The van der Waals surface area contributed by atoms with E-state index >= 15 is 0 Å². The van der Waals surface area contributed by atoms with Crippen LogP contribution in [0.4, 0.5) is 10.2 Å². The molecule has 0 spiro atoms. The zero-order chi connectivity index (χ0) is 19.0. The fourth-order valence-electron chi connectivity index (χ4n) is 2.62. The number of ether oxygens (including phenoxy) is 1. The van der Waals surface area contributed by atoms with Crippen LogP contribution in [0.2, 0.25) is 0 Å². The molecule has 1 aromatic rings. The summed E-state index contributed by atoms with van der Waals surface area (Å²) in [5.41, 5.74) is 0. The molecule has 1 atom stereocenters. The number of rotatable bonds is 8. The smallest absolute Gasteiger partial charge is 0.191 e. The lowest BCUT2D eigenvalue weighted by Gasteiger charge is -2.20. The van der Waals surface area contributed by atoms with Gasteiger partial charge in [0.25, 0.3) is 0 Å². The Morgan fingerprint density at radius 3 is 3.00 bits per heavy atom. The van der Waals surface area contributed by atoms with Gasteiger partial charge in [-0.25, -0.2) is 17.8 Å². The molecule has 1 aromatic heterocycles. The predicted molar refractivity (Wildman–Crippen MR) is 99.8 cm³/mol. The molecule has 1 saturated heterocycles. The van der Waals surface area contributed by atoms with Gasteiger partial charge in [-0.1, -0.05) is 0 Å². The predicted octanol–water partition coefficient (Wildman–Crippen LogP) is 0.0256. The van der Waals surface area contributed by atoms with E-state index in [0.29, 0.717) is 31.5 Å². The summed E-state index contributed by atoms with van der Waals surface area (Å²) in [5.74, 6) is 0.702. The summed E-state index contributed by atoms with van der Waals surface area (Å²) in [6.07, 6.45) is 3.62. The number of nitrogens with zero attached hydrogens (tertiary/aromatic N) is 3. The Morgan fingerprint density at radius 2 is 2.31 bits per heavy atom. The van der Waals surface area contributed by atoms with E-state index < -0.39 is 9.84 Å². The van der Waals surface area contributed by atoms with Crippen molar-refractivity contribution in [3.8, 4) is 0 Å². The van der Waals surface area contributed by atoms with Crippen molar-refractivity contribution in [3.63, 3.8) is 0 Å². The van der Waals surface area contributed by atoms with E-state index in [4.69, 9.17) is 4.74 Å². The van der Waals surface area contributed by atoms with Crippen molar-refractivity contribution < 1.29 is 17.5 Å². The number of halogens is 1. The second kappa shape index (κ2) is 9.67. The Bertz CT molecular complexity index is 714. The van der Waals surface area contributed by atoms with Crippen LogP contribution in [0, 0.1) is 5.82 Å². The number of guanidine groups is 1. The quantitative estimate of drug-likeness (QED) is 0.369. The summed E-state index contributed by atoms with van der Waals surface area (Å²) >= 11 is 0. The molecule has 26 heavy (non-hydrogen) atoms. The second-order valence-corrected chi connectivity index (χ2v) is 8.39. The van der Waals surface area contributed by atoms with Crippen LogP contribution in [-0.2, 0) is 14.6 Å². The molecule has 0 aliphatic carbocycles. The molecule has 1 aliphatic heterocycles. The minimum Gasteiger partial charge on any atom is -0.379 e. The highest BCUT2D eigenvalue weighted by Gasteiger charge is 2.25. The molecule has 8 nitrogen and oxygen atoms in total. The maximum absolute atomic E-state index is 13.8. The molecular weight excluding hydrogens is 361 g/mol. The lowest BCUT2D eigenvalue weighted by Crippen LogP contribution is -2.45. The van der Waals surface area contributed by atoms with E-state index in [2.05, 4.69) is 20.6 Å². The Morgan fingerprint density at radius 1 is 1.50 bits per heavy atom. The first kappa shape index (κ1) is 20.4. The number of pyridine rings is 1. The summed E-state index contributed by atoms with van der Waals surface area (Å²) < 4.78 is 41.1. The first-order valence-corrected chi connectivity index (χ1v) is 10.5. The minimum atomic E-state index is -3.00. The molecule has 1 fully saturated rings. The molecule has 0 aromatic carbocycles. The van der Waals surface area contributed by atoms with E-state index in [-0.39, 0.29) is 24.2 Å². The Labute approximate surface area is 153 Å². The van der Waals surface area contributed by atoms with Gasteiger partial charge in [0, 0.05) is 45.2 Å². The number of anilines is 1. The monoisotopic (exact) mass is 387 g/mol. The normalized spacial score (nSPS) is 18.2. The van der Waals surface area contributed by atoms with E-state index in [1.807, 2.05) is 4.90 Å². The molecular formula is C16H26FN5O3S. The number of nitrogens with one attached hydrogen (secondary N) is 2. The summed E-state index contributed by atoms with van der Waals surface area (Å²) in [6, 6.07) is 3.12. The molecule has 0 bridgehead atoms. The van der Waals surface area contributed by atoms with Gasteiger partial charge in [0.1, 0.15) is 9.84 Å². The summed E-state index contributed by atoms with van der Waals surface area (Å²) in [4.78, 5) is 10.2. The zero-order valence-corrected chi connectivity index (χ0v) is 15.9. The summed E-state index contributed by atoms with van der Waals surface area (Å²) in [5, 5.41) is 6.41. The third-order valence-corrected chi connectivity index (χ3v) is 4.84. The first-order chi connectivity index (χ1) is 12.4. The number of aliphatic imine (C=N–C) groups is 1. The molecule has 1 aliphatic rings. The zero-order valence-electron chi connectivity index (χ0n) is 15.1. The van der Waals surface area contributed by atoms with Crippen molar-refractivity contribution >= 4 is 21.6 Å². The van der Waals surface area contributed by atoms with Gasteiger partial charge in [-0.2, -0.15) is 0 Å². The van der Waals surface area contributed by atoms with Gasteiger partial charge >= 0.3 is 0 Å². The second-order valence-electron chi connectivity index (χ2n) is 6.13. The molecule has 10 heteroatoms. The number of hydrogen-bond donors (Lipinski definition) is 2. The van der Waals surface area contributed by atoms with E-state index in [9.17, 15) is 12.8 Å². The topological polar surface area (TPSA) is 95.9 Å². The van der Waals surface area contributed by atoms with E-state index in [1.54, 1.807) is 19.3 Å². The Kier molecular flexibility index (Phi) is 7.58. The fraction of sp³-hybridized carbons (Fsp3) is 0.625. The average molecular weight is 387 g/mol. The van der Waals surface area contributed by atoms with Gasteiger partial charge in [0.15, 0.2) is 17.6 Å². The highest BCUT2D eigenvalue weighted by atomic mass is 32.2. The van der Waals surface area contributed by atoms with Crippen LogP contribution < -0.4 is 15.5 Å².